The Morgan fingerprint density at radius 3 is 2.37 bits per heavy atom. The zero-order valence-corrected chi connectivity index (χ0v) is 23.2. The number of nitrogens with one attached hydrogen (secondary N) is 1. The van der Waals surface area contributed by atoms with Gasteiger partial charge in [-0.25, -0.2) is 0 Å². The molecule has 4 N–H and O–H groups in total. The zero-order valence-electron chi connectivity index (χ0n) is 23.2. The van der Waals surface area contributed by atoms with Crippen molar-refractivity contribution in [3.8, 4) is 0 Å². The van der Waals surface area contributed by atoms with Gasteiger partial charge in [0, 0.05) is 19.6 Å². The molecule has 9 nitrogen and oxygen atoms in total. The van der Waals surface area contributed by atoms with Gasteiger partial charge in [-0.15, -0.1) is 0 Å². The average Bonchev–Trinajstić information content (AvgIpc) is 2.77. The van der Waals surface area contributed by atoms with Crippen LogP contribution in [0, 0.1) is 17.8 Å². The van der Waals surface area contributed by atoms with Gasteiger partial charge >= 0.3 is 5.97 Å². The average molecular weight is 506 g/mol. The minimum atomic E-state index is -1.22. The largest absolute Gasteiger partial charge is 0.463 e. The van der Waals surface area contributed by atoms with Crippen LogP contribution in [0.1, 0.15) is 74.1 Å². The van der Waals surface area contributed by atoms with Crippen LogP contribution in [0.5, 0.6) is 0 Å². The Labute approximate surface area is 211 Å². The number of hydrogen-bond acceptors (Lipinski definition) is 9. The molecule has 1 aliphatic rings. The summed E-state index contributed by atoms with van der Waals surface area (Å²) in [6.07, 6.45) is -1.14. The van der Waals surface area contributed by atoms with Crippen LogP contribution in [0.4, 0.5) is 0 Å². The predicted octanol–water partition coefficient (Wildman–Crippen LogP) is 2.25. The van der Waals surface area contributed by atoms with Gasteiger partial charge in [-0.05, 0) is 65.8 Å². The first-order chi connectivity index (χ1) is 16.1. The molecule has 0 unspecified atom stereocenters. The summed E-state index contributed by atoms with van der Waals surface area (Å²) in [6.45, 7) is 13.5. The monoisotopic (exact) mass is 505 g/mol. The number of methoxy groups -OCH3 is 1. The Balaban J connectivity index is 2.97. The minimum Gasteiger partial charge on any atom is -0.463 e. The maximum absolute atomic E-state index is 13.0. The van der Waals surface area contributed by atoms with Crippen molar-refractivity contribution in [2.24, 2.45) is 17.8 Å². The van der Waals surface area contributed by atoms with Crippen LogP contribution in [-0.2, 0) is 23.7 Å². The second-order valence-corrected chi connectivity index (χ2v) is 11.3. The van der Waals surface area contributed by atoms with E-state index < -0.39 is 42.1 Å². The molecule has 1 heterocycles. The summed E-state index contributed by atoms with van der Waals surface area (Å²) >= 11 is 0. The predicted molar refractivity (Wildman–Crippen MR) is 134 cm³/mol. The Bertz CT molecular complexity index is 630. The Kier molecular flexibility index (Phi) is 13.1. The molecular formula is C26H51NO8. The van der Waals surface area contributed by atoms with Gasteiger partial charge in [-0.3, -0.25) is 4.79 Å². The Morgan fingerprint density at radius 2 is 1.83 bits per heavy atom. The van der Waals surface area contributed by atoms with Crippen LogP contribution in [-0.4, -0.2) is 90.5 Å². The summed E-state index contributed by atoms with van der Waals surface area (Å²) in [5.74, 6) is -1.11. The van der Waals surface area contributed by atoms with Crippen LogP contribution in [0.3, 0.4) is 0 Å². The van der Waals surface area contributed by atoms with E-state index in [0.29, 0.717) is 31.8 Å². The number of rotatable bonds is 15. The topological polar surface area (TPSA) is 127 Å². The van der Waals surface area contributed by atoms with Crippen molar-refractivity contribution in [3.63, 3.8) is 0 Å². The molecule has 1 rings (SSSR count). The number of esters is 1. The SMILES string of the molecule is CN[C@H](C)[C@@H](O)[C@@H](O)COC(=O)[C@H](C)[C@@H](O[C@H]1C[C@@](C)(OC)CCO1)[C@H](C)C[C@](C)(O)CC(C)C. The van der Waals surface area contributed by atoms with Crippen molar-refractivity contribution in [1.82, 2.24) is 5.32 Å². The standard InChI is InChI=1S/C26H51NO8/c1-16(2)12-25(6,31)13-17(3)23(35-21-14-26(7,32-9)10-11-33-21)18(4)24(30)34-15-20(28)22(29)19(5)27-8/h16-23,27-29,31H,10-15H2,1-9H3/t17-,18-,19-,20+,21+,22-,23+,25-,26+/m1/s1. The van der Waals surface area contributed by atoms with Gasteiger partial charge in [0.15, 0.2) is 6.29 Å². The molecule has 1 aliphatic heterocycles. The highest BCUT2D eigenvalue weighted by Crippen LogP contribution is 2.34. The summed E-state index contributed by atoms with van der Waals surface area (Å²) in [5.41, 5.74) is -1.30. The number of carbonyl (C=O) groups excluding carboxylic acids is 1. The van der Waals surface area contributed by atoms with E-state index in [4.69, 9.17) is 18.9 Å². The van der Waals surface area contributed by atoms with E-state index in [1.807, 2.05) is 20.8 Å². The van der Waals surface area contributed by atoms with Gasteiger partial charge in [-0.2, -0.15) is 0 Å². The molecule has 1 fully saturated rings. The number of aliphatic hydroxyl groups excluding tert-OH is 2. The lowest BCUT2D eigenvalue weighted by atomic mass is 9.81. The lowest BCUT2D eigenvalue weighted by Gasteiger charge is -2.41. The van der Waals surface area contributed by atoms with E-state index in [9.17, 15) is 20.1 Å². The van der Waals surface area contributed by atoms with Gasteiger partial charge in [0.05, 0.1) is 35.9 Å². The first kappa shape index (κ1) is 32.2. The quantitative estimate of drug-likeness (QED) is 0.248. The zero-order chi connectivity index (χ0) is 27.0. The second kappa shape index (κ2) is 14.2. The fraction of sp³-hybridized carbons (Fsp3) is 0.962. The van der Waals surface area contributed by atoms with Crippen LogP contribution >= 0.6 is 0 Å². The summed E-state index contributed by atoms with van der Waals surface area (Å²) in [6, 6.07) is -0.362. The molecule has 9 atom stereocenters. The molecule has 0 aromatic heterocycles. The number of ether oxygens (including phenoxy) is 4. The van der Waals surface area contributed by atoms with Crippen LogP contribution in [0.2, 0.25) is 0 Å². The highest BCUT2D eigenvalue weighted by Gasteiger charge is 2.40. The lowest BCUT2D eigenvalue weighted by molar-refractivity contribution is -0.246. The van der Waals surface area contributed by atoms with Gasteiger partial charge in [0.1, 0.15) is 12.7 Å². The summed E-state index contributed by atoms with van der Waals surface area (Å²) in [7, 11) is 3.34. The number of hydrogen-bond donors (Lipinski definition) is 4. The summed E-state index contributed by atoms with van der Waals surface area (Å²) < 4.78 is 23.2. The first-order valence-corrected chi connectivity index (χ1v) is 12.9. The second-order valence-electron chi connectivity index (χ2n) is 11.3. The molecule has 35 heavy (non-hydrogen) atoms. The maximum atomic E-state index is 13.0. The minimum absolute atomic E-state index is 0.189. The van der Waals surface area contributed by atoms with E-state index >= 15 is 0 Å². The van der Waals surface area contributed by atoms with Gasteiger partial charge in [-0.1, -0.05) is 20.8 Å². The van der Waals surface area contributed by atoms with Crippen molar-refractivity contribution in [3.05, 3.63) is 0 Å². The molecule has 0 aromatic carbocycles. The highest BCUT2D eigenvalue weighted by atomic mass is 16.7. The number of carbonyl (C=O) groups is 1. The lowest BCUT2D eigenvalue weighted by Crippen LogP contribution is -2.47. The van der Waals surface area contributed by atoms with Crippen molar-refractivity contribution in [1.29, 1.82) is 0 Å². The third-order valence-corrected chi connectivity index (χ3v) is 7.13. The van der Waals surface area contributed by atoms with Crippen molar-refractivity contribution >= 4 is 5.97 Å². The molecule has 208 valence electrons. The Morgan fingerprint density at radius 1 is 1.20 bits per heavy atom. The van der Waals surface area contributed by atoms with Crippen molar-refractivity contribution < 1.29 is 39.1 Å². The van der Waals surface area contributed by atoms with Gasteiger partial charge < -0.3 is 39.6 Å². The molecule has 0 spiro atoms. The molecular weight excluding hydrogens is 454 g/mol. The van der Waals surface area contributed by atoms with E-state index in [0.717, 1.165) is 6.42 Å². The van der Waals surface area contributed by atoms with E-state index in [1.165, 1.54) is 0 Å². The van der Waals surface area contributed by atoms with Gasteiger partial charge in [0.25, 0.3) is 0 Å². The fourth-order valence-corrected chi connectivity index (χ4v) is 4.92. The number of likely N-dealkylation sites (N-methyl/N-ethyl adjacent to an activating group) is 1. The maximum Gasteiger partial charge on any atom is 0.311 e. The van der Waals surface area contributed by atoms with E-state index in [-0.39, 0.29) is 24.2 Å². The molecule has 1 saturated heterocycles. The molecule has 0 radical (unpaired) electrons. The normalized spacial score (nSPS) is 28.0. The van der Waals surface area contributed by atoms with Gasteiger partial charge in [0.2, 0.25) is 0 Å². The first-order valence-electron chi connectivity index (χ1n) is 12.9. The fourth-order valence-electron chi connectivity index (χ4n) is 4.92. The third kappa shape index (κ3) is 10.6. The molecule has 0 aromatic rings. The Hall–Kier alpha value is -0.810. The van der Waals surface area contributed by atoms with Crippen LogP contribution < -0.4 is 5.32 Å². The van der Waals surface area contributed by atoms with E-state index in [2.05, 4.69) is 19.2 Å². The summed E-state index contributed by atoms with van der Waals surface area (Å²) in [4.78, 5) is 13.0. The van der Waals surface area contributed by atoms with Crippen molar-refractivity contribution in [2.75, 3.05) is 27.4 Å². The van der Waals surface area contributed by atoms with Crippen LogP contribution in [0.25, 0.3) is 0 Å². The highest BCUT2D eigenvalue weighted by molar-refractivity contribution is 5.72. The third-order valence-electron chi connectivity index (χ3n) is 7.13. The molecule has 0 saturated carbocycles. The molecule has 0 bridgehead atoms. The molecule has 0 amide bonds. The van der Waals surface area contributed by atoms with E-state index in [1.54, 1.807) is 28.0 Å². The molecule has 0 aliphatic carbocycles. The number of aliphatic hydroxyl groups is 3. The smallest absolute Gasteiger partial charge is 0.311 e. The summed E-state index contributed by atoms with van der Waals surface area (Å²) in [5, 5.41) is 34.2. The molecule has 9 heteroatoms. The van der Waals surface area contributed by atoms with Crippen LogP contribution in [0.15, 0.2) is 0 Å². The van der Waals surface area contributed by atoms with Crippen molar-refractivity contribution in [2.45, 2.75) is 116 Å².